The highest BCUT2D eigenvalue weighted by molar-refractivity contribution is 7.16. The number of fused-ring (bicyclic) bond motifs is 1. The summed E-state index contributed by atoms with van der Waals surface area (Å²) >= 11 is 1.40. The second-order valence-corrected chi connectivity index (χ2v) is 5.83. The second kappa shape index (κ2) is 6.17. The van der Waals surface area contributed by atoms with Gasteiger partial charge in [0.15, 0.2) is 4.80 Å². The van der Waals surface area contributed by atoms with Crippen molar-refractivity contribution in [2.24, 2.45) is 4.99 Å². The van der Waals surface area contributed by atoms with Crippen molar-refractivity contribution in [3.05, 3.63) is 57.1 Å². The zero-order valence-corrected chi connectivity index (χ0v) is 13.1. The molecule has 2 heterocycles. The number of rotatable bonds is 4. The highest BCUT2D eigenvalue weighted by atomic mass is 32.1. The summed E-state index contributed by atoms with van der Waals surface area (Å²) in [6.45, 7) is 2.77. The van der Waals surface area contributed by atoms with Crippen molar-refractivity contribution in [2.45, 2.75) is 19.9 Å². The van der Waals surface area contributed by atoms with E-state index in [0.29, 0.717) is 4.80 Å². The minimum atomic E-state index is -0.687. The predicted octanol–water partition coefficient (Wildman–Crippen LogP) is 3.36. The van der Waals surface area contributed by atoms with E-state index < -0.39 is 16.7 Å². The fourth-order valence-electron chi connectivity index (χ4n) is 2.23. The molecule has 0 saturated heterocycles. The van der Waals surface area contributed by atoms with Crippen molar-refractivity contribution in [3.63, 3.8) is 0 Å². The maximum absolute atomic E-state index is 12.2. The molecule has 0 radical (unpaired) electrons. The van der Waals surface area contributed by atoms with Gasteiger partial charge in [-0.1, -0.05) is 30.4 Å². The largest absolute Gasteiger partial charge is 0.433 e. The first-order valence-electron chi connectivity index (χ1n) is 7.02. The molecule has 3 aromatic rings. The summed E-state index contributed by atoms with van der Waals surface area (Å²) in [5, 5.41) is 10.6. The Balaban J connectivity index is 2.07. The number of nitro groups is 1. The summed E-state index contributed by atoms with van der Waals surface area (Å²) in [5.41, 5.74) is 1.01. The third-order valence-electron chi connectivity index (χ3n) is 3.22. The normalized spacial score (nSPS) is 12.0. The molecule has 0 atom stereocenters. The number of hydrogen-bond acceptors (Lipinski definition) is 5. The van der Waals surface area contributed by atoms with Gasteiger partial charge in [-0.2, -0.15) is 4.99 Å². The summed E-state index contributed by atoms with van der Waals surface area (Å²) in [6.07, 6.45) is 0.897. The van der Waals surface area contributed by atoms with Crippen LogP contribution in [0.4, 0.5) is 5.88 Å². The summed E-state index contributed by atoms with van der Waals surface area (Å²) in [4.78, 5) is 26.8. The zero-order chi connectivity index (χ0) is 16.4. The number of hydrogen-bond donors (Lipinski definition) is 0. The minimum Gasteiger partial charge on any atom is -0.395 e. The molecule has 3 rings (SSSR count). The maximum Gasteiger partial charge on any atom is 0.433 e. The molecule has 0 aliphatic rings. The van der Waals surface area contributed by atoms with Gasteiger partial charge in [-0.25, -0.2) is 0 Å². The molecule has 0 aliphatic carbocycles. The van der Waals surface area contributed by atoms with Crippen LogP contribution in [0.1, 0.15) is 23.9 Å². The number of aromatic nitrogens is 1. The van der Waals surface area contributed by atoms with Gasteiger partial charge < -0.3 is 8.98 Å². The highest BCUT2D eigenvalue weighted by Gasteiger charge is 2.17. The van der Waals surface area contributed by atoms with Crippen molar-refractivity contribution in [2.75, 3.05) is 0 Å². The number of para-hydroxylation sites is 1. The third kappa shape index (κ3) is 2.93. The Morgan fingerprint density at radius 2 is 2.13 bits per heavy atom. The summed E-state index contributed by atoms with van der Waals surface area (Å²) in [7, 11) is 0. The smallest absolute Gasteiger partial charge is 0.395 e. The van der Waals surface area contributed by atoms with Gasteiger partial charge >= 0.3 is 11.8 Å². The number of furan rings is 1. The lowest BCUT2D eigenvalue weighted by Crippen LogP contribution is -2.16. The van der Waals surface area contributed by atoms with Crippen LogP contribution in [-0.2, 0) is 6.54 Å². The van der Waals surface area contributed by atoms with Gasteiger partial charge in [0.1, 0.15) is 4.92 Å². The van der Waals surface area contributed by atoms with Gasteiger partial charge in [-0.3, -0.25) is 14.9 Å². The Morgan fingerprint density at radius 3 is 2.83 bits per heavy atom. The molecule has 1 amide bonds. The van der Waals surface area contributed by atoms with E-state index in [1.807, 2.05) is 35.8 Å². The number of carbonyl (C=O) groups excluding carboxylic acids is 1. The molecular weight excluding hydrogens is 318 g/mol. The first-order chi connectivity index (χ1) is 11.1. The molecule has 0 saturated carbocycles. The lowest BCUT2D eigenvalue weighted by atomic mass is 10.3. The van der Waals surface area contributed by atoms with Crippen molar-refractivity contribution in [3.8, 4) is 0 Å². The van der Waals surface area contributed by atoms with E-state index in [9.17, 15) is 14.9 Å². The number of thiazole rings is 1. The van der Waals surface area contributed by atoms with Crippen LogP contribution in [0, 0.1) is 10.1 Å². The molecule has 1 aromatic carbocycles. The van der Waals surface area contributed by atoms with Gasteiger partial charge in [0.2, 0.25) is 5.76 Å². The molecule has 23 heavy (non-hydrogen) atoms. The molecule has 0 bridgehead atoms. The van der Waals surface area contributed by atoms with E-state index in [0.717, 1.165) is 29.2 Å². The quantitative estimate of drug-likeness (QED) is 0.541. The lowest BCUT2D eigenvalue weighted by Gasteiger charge is -2.01. The van der Waals surface area contributed by atoms with Crippen LogP contribution in [0.3, 0.4) is 0 Å². The van der Waals surface area contributed by atoms with Crippen LogP contribution in [0.2, 0.25) is 0 Å². The molecule has 8 heteroatoms. The van der Waals surface area contributed by atoms with E-state index in [-0.39, 0.29) is 5.76 Å². The van der Waals surface area contributed by atoms with Gasteiger partial charge in [0.05, 0.1) is 16.3 Å². The fraction of sp³-hybridized carbons (Fsp3) is 0.200. The molecule has 0 fully saturated rings. The molecule has 7 nitrogen and oxygen atoms in total. The van der Waals surface area contributed by atoms with E-state index in [2.05, 4.69) is 4.99 Å². The number of aryl methyl sites for hydroxylation is 1. The fourth-order valence-corrected chi connectivity index (χ4v) is 3.28. The molecule has 0 aliphatic heterocycles. The molecule has 0 N–H and O–H groups in total. The highest BCUT2D eigenvalue weighted by Crippen LogP contribution is 2.18. The van der Waals surface area contributed by atoms with Gasteiger partial charge in [0.25, 0.3) is 0 Å². The summed E-state index contributed by atoms with van der Waals surface area (Å²) in [6, 6.07) is 10.2. The average molecular weight is 331 g/mol. The van der Waals surface area contributed by atoms with E-state index in [4.69, 9.17) is 4.42 Å². The Morgan fingerprint density at radius 1 is 1.35 bits per heavy atom. The maximum atomic E-state index is 12.2. The van der Waals surface area contributed by atoms with Crippen LogP contribution in [0.5, 0.6) is 0 Å². The third-order valence-corrected chi connectivity index (χ3v) is 4.27. The summed E-state index contributed by atoms with van der Waals surface area (Å²) in [5.74, 6) is -1.24. The molecular formula is C15H13N3O4S. The lowest BCUT2D eigenvalue weighted by molar-refractivity contribution is -0.402. The Kier molecular flexibility index (Phi) is 4.07. The van der Waals surface area contributed by atoms with E-state index in [1.165, 1.54) is 17.4 Å². The van der Waals surface area contributed by atoms with Gasteiger partial charge in [-0.05, 0) is 24.6 Å². The van der Waals surface area contributed by atoms with Crippen LogP contribution >= 0.6 is 11.3 Å². The Bertz CT molecular complexity index is 951. The monoisotopic (exact) mass is 331 g/mol. The van der Waals surface area contributed by atoms with Crippen LogP contribution in [0.15, 0.2) is 45.8 Å². The molecule has 0 unspecified atom stereocenters. The summed E-state index contributed by atoms with van der Waals surface area (Å²) < 4.78 is 7.90. The Hall–Kier alpha value is -2.74. The number of carbonyl (C=O) groups is 1. The topological polar surface area (TPSA) is 90.6 Å². The second-order valence-electron chi connectivity index (χ2n) is 4.82. The molecule has 0 spiro atoms. The van der Waals surface area contributed by atoms with Crippen LogP contribution < -0.4 is 4.80 Å². The van der Waals surface area contributed by atoms with Crippen molar-refractivity contribution < 1.29 is 14.1 Å². The van der Waals surface area contributed by atoms with Gasteiger partial charge in [-0.15, -0.1) is 0 Å². The number of nitrogens with zero attached hydrogens (tertiary/aromatic N) is 3. The SMILES string of the molecule is CCCn1c(=NC(=O)c2ccc([N+](=O)[O-])o2)sc2ccccc21. The number of amides is 1. The van der Waals surface area contributed by atoms with Crippen molar-refractivity contribution in [1.29, 1.82) is 0 Å². The van der Waals surface area contributed by atoms with Crippen LogP contribution in [-0.4, -0.2) is 15.4 Å². The first kappa shape index (κ1) is 15.2. The standard InChI is InChI=1S/C15H13N3O4S/c1-2-9-17-10-5-3-4-6-12(10)23-15(17)16-14(19)11-7-8-13(22-11)18(20)21/h3-8H,2,9H2,1H3. The molecule has 118 valence electrons. The van der Waals surface area contributed by atoms with Crippen molar-refractivity contribution >= 4 is 33.3 Å². The minimum absolute atomic E-state index is 0.141. The predicted molar refractivity (Wildman–Crippen MR) is 85.4 cm³/mol. The van der Waals surface area contributed by atoms with Crippen LogP contribution in [0.25, 0.3) is 10.2 Å². The zero-order valence-electron chi connectivity index (χ0n) is 12.3. The average Bonchev–Trinajstić information content (AvgIpc) is 3.14. The number of benzene rings is 1. The van der Waals surface area contributed by atoms with Crippen molar-refractivity contribution in [1.82, 2.24) is 4.57 Å². The van der Waals surface area contributed by atoms with Gasteiger partial charge in [0, 0.05) is 6.54 Å². The van der Waals surface area contributed by atoms with E-state index in [1.54, 1.807) is 0 Å². The Labute approximate surface area is 134 Å². The van der Waals surface area contributed by atoms with E-state index >= 15 is 0 Å². The molecule has 2 aromatic heterocycles. The first-order valence-corrected chi connectivity index (χ1v) is 7.83.